The molecule has 1 aromatic heterocycles. The Hall–Kier alpha value is -0.440. The normalized spacial score (nSPS) is 30.9. The molecule has 0 aromatic carbocycles. The summed E-state index contributed by atoms with van der Waals surface area (Å²) < 4.78 is 0. The number of aromatic amines is 1. The first-order valence-corrected chi connectivity index (χ1v) is 7.21. The molecule has 1 heterocycles. The molecule has 0 amide bonds. The van der Waals surface area contributed by atoms with E-state index in [1.165, 1.54) is 19.3 Å². The molecule has 2 rings (SSSR count). The van der Waals surface area contributed by atoms with E-state index in [0.29, 0.717) is 0 Å². The van der Waals surface area contributed by atoms with Crippen molar-refractivity contribution in [1.29, 1.82) is 0 Å². The van der Waals surface area contributed by atoms with Gasteiger partial charge < -0.3 is 4.98 Å². The van der Waals surface area contributed by atoms with E-state index in [1.807, 2.05) is 24.2 Å². The average molecular weight is 238 g/mol. The zero-order valence-electron chi connectivity index (χ0n) is 10.4. The highest BCUT2D eigenvalue weighted by Gasteiger charge is 2.31. The monoisotopic (exact) mass is 238 g/mol. The minimum Gasteiger partial charge on any atom is -0.340 e. The van der Waals surface area contributed by atoms with Gasteiger partial charge in [0.05, 0.1) is 0 Å². The van der Waals surface area contributed by atoms with Crippen LogP contribution in [-0.2, 0) is 0 Å². The van der Waals surface area contributed by atoms with Crippen molar-refractivity contribution in [3.63, 3.8) is 0 Å². The topological polar surface area (TPSA) is 28.7 Å². The highest BCUT2D eigenvalue weighted by molar-refractivity contribution is 7.99. The Morgan fingerprint density at radius 1 is 1.44 bits per heavy atom. The lowest BCUT2D eigenvalue weighted by atomic mass is 9.77. The van der Waals surface area contributed by atoms with E-state index in [2.05, 4.69) is 30.7 Å². The molecule has 1 fully saturated rings. The number of nitrogens with one attached hydrogen (secondary N) is 1. The van der Waals surface area contributed by atoms with Crippen LogP contribution in [0.2, 0.25) is 0 Å². The third-order valence-electron chi connectivity index (χ3n) is 3.70. The molecule has 0 spiro atoms. The Balaban J connectivity index is 2.02. The summed E-state index contributed by atoms with van der Waals surface area (Å²) >= 11 is 1.94. The van der Waals surface area contributed by atoms with Crippen LogP contribution in [0.3, 0.4) is 0 Å². The first kappa shape index (κ1) is 12.0. The zero-order valence-corrected chi connectivity index (χ0v) is 11.3. The second-order valence-electron chi connectivity index (χ2n) is 5.38. The van der Waals surface area contributed by atoms with Crippen LogP contribution in [-0.4, -0.2) is 15.2 Å². The quantitative estimate of drug-likeness (QED) is 0.863. The lowest BCUT2D eigenvalue weighted by Crippen LogP contribution is -2.29. The third-order valence-corrected chi connectivity index (χ3v) is 4.99. The molecule has 0 aliphatic heterocycles. The number of hydrogen-bond acceptors (Lipinski definition) is 2. The van der Waals surface area contributed by atoms with Gasteiger partial charge in [0.25, 0.3) is 0 Å². The van der Waals surface area contributed by atoms with Crippen molar-refractivity contribution in [2.24, 2.45) is 17.8 Å². The molecule has 1 saturated carbocycles. The molecule has 0 saturated heterocycles. The Kier molecular flexibility index (Phi) is 3.95. The fraction of sp³-hybridized carbons (Fsp3) is 0.769. The zero-order chi connectivity index (χ0) is 11.5. The van der Waals surface area contributed by atoms with Gasteiger partial charge in [-0.1, -0.05) is 39.0 Å². The van der Waals surface area contributed by atoms with Crippen LogP contribution >= 0.6 is 11.8 Å². The first-order valence-electron chi connectivity index (χ1n) is 6.33. The second-order valence-corrected chi connectivity index (χ2v) is 6.60. The summed E-state index contributed by atoms with van der Waals surface area (Å²) in [6.07, 6.45) is 7.89. The average Bonchev–Trinajstić information content (AvgIpc) is 2.70. The second kappa shape index (κ2) is 5.26. The standard InChI is InChI=1S/C13H22N2S/c1-9(2)11-5-4-10(3)8-12(11)16-13-14-6-7-15-13/h6-7,9-12H,4-5,8H2,1-3H3,(H,14,15)/t10-,11+,12+/m1/s1. The molecule has 0 unspecified atom stereocenters. The molecule has 1 aromatic rings. The van der Waals surface area contributed by atoms with Gasteiger partial charge in [0.1, 0.15) is 0 Å². The molecular formula is C13H22N2S. The van der Waals surface area contributed by atoms with Gasteiger partial charge in [-0.25, -0.2) is 4.98 Å². The van der Waals surface area contributed by atoms with Crippen LogP contribution in [0.4, 0.5) is 0 Å². The van der Waals surface area contributed by atoms with E-state index in [0.717, 1.165) is 28.2 Å². The van der Waals surface area contributed by atoms with Crippen LogP contribution in [0.5, 0.6) is 0 Å². The van der Waals surface area contributed by atoms with Crippen molar-refractivity contribution in [3.8, 4) is 0 Å². The van der Waals surface area contributed by atoms with Crippen molar-refractivity contribution in [2.75, 3.05) is 0 Å². The van der Waals surface area contributed by atoms with Crippen LogP contribution in [0.15, 0.2) is 17.6 Å². The number of rotatable bonds is 3. The van der Waals surface area contributed by atoms with E-state index < -0.39 is 0 Å². The minimum atomic E-state index is 0.745. The summed E-state index contributed by atoms with van der Waals surface area (Å²) in [5, 5.41) is 1.83. The fourth-order valence-electron chi connectivity index (χ4n) is 2.71. The van der Waals surface area contributed by atoms with Gasteiger partial charge in [-0.05, 0) is 30.6 Å². The molecule has 1 aliphatic rings. The SMILES string of the molecule is CC(C)[C@@H]1CC[C@@H](C)C[C@@H]1Sc1ncc[nH]1. The number of nitrogens with zero attached hydrogens (tertiary/aromatic N) is 1. The molecular weight excluding hydrogens is 216 g/mol. The van der Waals surface area contributed by atoms with Crippen molar-refractivity contribution in [3.05, 3.63) is 12.4 Å². The van der Waals surface area contributed by atoms with Gasteiger partial charge in [-0.15, -0.1) is 0 Å². The minimum absolute atomic E-state index is 0.745. The summed E-state index contributed by atoms with van der Waals surface area (Å²) in [6.45, 7) is 7.10. The van der Waals surface area contributed by atoms with E-state index >= 15 is 0 Å². The van der Waals surface area contributed by atoms with E-state index in [1.54, 1.807) is 0 Å². The third kappa shape index (κ3) is 2.82. The molecule has 2 nitrogen and oxygen atoms in total. The van der Waals surface area contributed by atoms with Gasteiger partial charge in [0.2, 0.25) is 0 Å². The van der Waals surface area contributed by atoms with Crippen LogP contribution in [0.25, 0.3) is 0 Å². The predicted molar refractivity (Wildman–Crippen MR) is 69.6 cm³/mol. The highest BCUT2D eigenvalue weighted by Crippen LogP contribution is 2.41. The number of imidazole rings is 1. The summed E-state index contributed by atoms with van der Waals surface area (Å²) in [7, 11) is 0. The number of hydrogen-bond donors (Lipinski definition) is 1. The summed E-state index contributed by atoms with van der Waals surface area (Å²) in [4.78, 5) is 7.55. The first-order chi connectivity index (χ1) is 7.66. The maximum absolute atomic E-state index is 4.34. The van der Waals surface area contributed by atoms with E-state index in [-0.39, 0.29) is 0 Å². The molecule has 1 N–H and O–H groups in total. The van der Waals surface area contributed by atoms with E-state index in [9.17, 15) is 0 Å². The number of thioether (sulfide) groups is 1. The molecule has 0 bridgehead atoms. The van der Waals surface area contributed by atoms with Crippen LogP contribution in [0.1, 0.15) is 40.0 Å². The van der Waals surface area contributed by atoms with E-state index in [4.69, 9.17) is 0 Å². The number of H-pyrrole nitrogens is 1. The predicted octanol–water partition coefficient (Wildman–Crippen LogP) is 3.96. The van der Waals surface area contributed by atoms with Gasteiger partial charge in [-0.3, -0.25) is 0 Å². The molecule has 3 atom stereocenters. The maximum Gasteiger partial charge on any atom is 0.165 e. The number of aromatic nitrogens is 2. The lowest BCUT2D eigenvalue weighted by Gasteiger charge is -2.36. The maximum atomic E-state index is 4.34. The van der Waals surface area contributed by atoms with Crippen molar-refractivity contribution in [1.82, 2.24) is 9.97 Å². The molecule has 0 radical (unpaired) electrons. The van der Waals surface area contributed by atoms with Gasteiger partial charge >= 0.3 is 0 Å². The smallest absolute Gasteiger partial charge is 0.165 e. The molecule has 16 heavy (non-hydrogen) atoms. The molecule has 1 aliphatic carbocycles. The Morgan fingerprint density at radius 2 is 2.25 bits per heavy atom. The van der Waals surface area contributed by atoms with Crippen molar-refractivity contribution >= 4 is 11.8 Å². The molecule has 3 heteroatoms. The Bertz CT molecular complexity index is 308. The Labute approximate surface area is 103 Å². The summed E-state index contributed by atoms with van der Waals surface area (Å²) in [5.74, 6) is 2.52. The largest absolute Gasteiger partial charge is 0.340 e. The summed E-state index contributed by atoms with van der Waals surface area (Å²) in [5.41, 5.74) is 0. The van der Waals surface area contributed by atoms with Gasteiger partial charge in [0, 0.05) is 17.6 Å². The lowest BCUT2D eigenvalue weighted by molar-refractivity contribution is 0.244. The van der Waals surface area contributed by atoms with Gasteiger partial charge in [-0.2, -0.15) is 0 Å². The van der Waals surface area contributed by atoms with Crippen LogP contribution < -0.4 is 0 Å². The highest BCUT2D eigenvalue weighted by atomic mass is 32.2. The molecule has 90 valence electrons. The fourth-order valence-corrected chi connectivity index (χ4v) is 4.30. The van der Waals surface area contributed by atoms with Crippen molar-refractivity contribution < 1.29 is 0 Å². The Morgan fingerprint density at radius 3 is 2.88 bits per heavy atom. The van der Waals surface area contributed by atoms with Crippen molar-refractivity contribution in [2.45, 2.75) is 50.4 Å². The van der Waals surface area contributed by atoms with Gasteiger partial charge in [0.15, 0.2) is 5.16 Å². The summed E-state index contributed by atoms with van der Waals surface area (Å²) in [6, 6.07) is 0. The van der Waals surface area contributed by atoms with Crippen LogP contribution in [0, 0.1) is 17.8 Å².